The Morgan fingerprint density at radius 2 is 1.56 bits per heavy atom. The number of fused-ring (bicyclic) bond motifs is 1. The van der Waals surface area contributed by atoms with Gasteiger partial charge >= 0.3 is 0 Å². The topological polar surface area (TPSA) is 20.2 Å². The lowest BCUT2D eigenvalue weighted by Gasteiger charge is -2.13. The molecule has 1 N–H and O–H groups in total. The Morgan fingerprint density at radius 1 is 0.944 bits per heavy atom. The second kappa shape index (κ2) is 4.51. The molecular weight excluding hydrogens is 240 g/mol. The summed E-state index contributed by atoms with van der Waals surface area (Å²) in [6.07, 6.45) is 2.67. The number of rotatable bonds is 1. The van der Waals surface area contributed by atoms with Crippen LogP contribution in [-0.2, 0) is 10.9 Å². The number of hydrogen-bond donors (Lipinski definition) is 1. The second-order valence-corrected chi connectivity index (χ2v) is 7.99. The monoisotopic (exact) mass is 259 g/mol. The van der Waals surface area contributed by atoms with Crippen LogP contribution in [0, 0.1) is 0 Å². The molecule has 0 amide bonds. The Morgan fingerprint density at radius 3 is 2.22 bits per heavy atom. The fourth-order valence-corrected chi connectivity index (χ4v) is 6.11. The third kappa shape index (κ3) is 1.79. The highest BCUT2D eigenvalue weighted by atomic mass is 32.2. The number of phenols is 1. The molecule has 0 radical (unpaired) electrons. The molecule has 2 heteroatoms. The number of phenolic OH excluding ortho intramolecular Hbond substituents is 1. The SMILES string of the molecule is CC1CCC(C)[S+]1c1ccc(O)c2ccccc12. The zero-order valence-corrected chi connectivity index (χ0v) is 11.7. The largest absolute Gasteiger partial charge is 0.507 e. The van der Waals surface area contributed by atoms with Crippen molar-refractivity contribution in [3.05, 3.63) is 36.4 Å². The highest BCUT2D eigenvalue weighted by molar-refractivity contribution is 7.98. The van der Waals surface area contributed by atoms with Crippen molar-refractivity contribution in [2.24, 2.45) is 0 Å². The molecule has 18 heavy (non-hydrogen) atoms. The van der Waals surface area contributed by atoms with Crippen LogP contribution in [0.25, 0.3) is 10.8 Å². The Labute approximate surface area is 111 Å². The number of aromatic hydroxyl groups is 1. The van der Waals surface area contributed by atoms with Crippen LogP contribution in [0.3, 0.4) is 0 Å². The van der Waals surface area contributed by atoms with Gasteiger partial charge in [-0.25, -0.2) is 0 Å². The lowest BCUT2D eigenvalue weighted by atomic mass is 10.1. The Bertz CT molecular complexity index is 568. The normalized spacial score (nSPS) is 27.8. The van der Waals surface area contributed by atoms with E-state index in [1.54, 1.807) is 0 Å². The van der Waals surface area contributed by atoms with Gasteiger partial charge in [-0.05, 0) is 44.9 Å². The van der Waals surface area contributed by atoms with Gasteiger partial charge in [0.25, 0.3) is 0 Å². The maximum absolute atomic E-state index is 9.97. The molecule has 3 rings (SSSR count). The predicted molar refractivity (Wildman–Crippen MR) is 79.4 cm³/mol. The lowest BCUT2D eigenvalue weighted by molar-refractivity contribution is 0.481. The zero-order valence-electron chi connectivity index (χ0n) is 10.9. The molecule has 0 spiro atoms. The van der Waals surface area contributed by atoms with E-state index in [1.165, 1.54) is 23.1 Å². The molecule has 1 saturated heterocycles. The maximum Gasteiger partial charge on any atom is 0.163 e. The minimum atomic E-state index is 0.326. The summed E-state index contributed by atoms with van der Waals surface area (Å²) in [4.78, 5) is 1.45. The van der Waals surface area contributed by atoms with Gasteiger partial charge in [-0.15, -0.1) is 0 Å². The number of benzene rings is 2. The summed E-state index contributed by atoms with van der Waals surface area (Å²) >= 11 is 0. The molecular formula is C16H19OS+. The zero-order chi connectivity index (χ0) is 12.7. The highest BCUT2D eigenvalue weighted by Crippen LogP contribution is 2.40. The van der Waals surface area contributed by atoms with E-state index in [9.17, 15) is 5.11 Å². The molecule has 0 aromatic heterocycles. The summed E-state index contributed by atoms with van der Waals surface area (Å²) in [7, 11) is 0.326. The van der Waals surface area contributed by atoms with Crippen LogP contribution < -0.4 is 0 Å². The van der Waals surface area contributed by atoms with E-state index in [0.717, 1.165) is 15.9 Å². The summed E-state index contributed by atoms with van der Waals surface area (Å²) in [5.41, 5.74) is 0. The molecule has 1 aliphatic heterocycles. The Balaban J connectivity index is 2.21. The van der Waals surface area contributed by atoms with Gasteiger partial charge in [-0.1, -0.05) is 18.2 Å². The average molecular weight is 259 g/mol. The summed E-state index contributed by atoms with van der Waals surface area (Å²) < 4.78 is 0. The van der Waals surface area contributed by atoms with Crippen LogP contribution in [0.2, 0.25) is 0 Å². The van der Waals surface area contributed by atoms with Crippen molar-refractivity contribution in [3.63, 3.8) is 0 Å². The Hall–Kier alpha value is -1.15. The van der Waals surface area contributed by atoms with Gasteiger partial charge in [-0.3, -0.25) is 0 Å². The van der Waals surface area contributed by atoms with Crippen molar-refractivity contribution in [2.45, 2.75) is 42.1 Å². The van der Waals surface area contributed by atoms with Crippen LogP contribution >= 0.6 is 0 Å². The van der Waals surface area contributed by atoms with E-state index in [2.05, 4.69) is 32.0 Å². The fraction of sp³-hybridized carbons (Fsp3) is 0.375. The van der Waals surface area contributed by atoms with Crippen molar-refractivity contribution in [1.82, 2.24) is 0 Å². The quantitative estimate of drug-likeness (QED) is 0.765. The molecule has 0 bridgehead atoms. The van der Waals surface area contributed by atoms with Crippen LogP contribution in [0.5, 0.6) is 5.75 Å². The summed E-state index contributed by atoms with van der Waals surface area (Å²) in [6, 6.07) is 12.2. The van der Waals surface area contributed by atoms with Crippen LogP contribution in [0.1, 0.15) is 26.7 Å². The summed E-state index contributed by atoms with van der Waals surface area (Å²) in [5, 5.41) is 13.7. The minimum Gasteiger partial charge on any atom is -0.507 e. The minimum absolute atomic E-state index is 0.326. The highest BCUT2D eigenvalue weighted by Gasteiger charge is 2.42. The lowest BCUT2D eigenvalue weighted by Crippen LogP contribution is -2.19. The van der Waals surface area contributed by atoms with Crippen molar-refractivity contribution in [2.75, 3.05) is 0 Å². The van der Waals surface area contributed by atoms with E-state index >= 15 is 0 Å². The van der Waals surface area contributed by atoms with Crippen molar-refractivity contribution >= 4 is 21.7 Å². The van der Waals surface area contributed by atoms with Crippen LogP contribution in [0.15, 0.2) is 41.3 Å². The fourth-order valence-electron chi connectivity index (χ4n) is 3.01. The van der Waals surface area contributed by atoms with E-state index in [-0.39, 0.29) is 0 Å². The van der Waals surface area contributed by atoms with Gasteiger partial charge in [0.05, 0.1) is 0 Å². The summed E-state index contributed by atoms with van der Waals surface area (Å²) in [6.45, 7) is 4.74. The Kier molecular flexibility index (Phi) is 2.98. The number of hydrogen-bond acceptors (Lipinski definition) is 1. The average Bonchev–Trinajstić information content (AvgIpc) is 2.71. The molecule has 1 heterocycles. The summed E-state index contributed by atoms with van der Waals surface area (Å²) in [5.74, 6) is 0.400. The maximum atomic E-state index is 9.97. The van der Waals surface area contributed by atoms with Gasteiger partial charge in [0.15, 0.2) is 4.90 Å². The first-order valence-electron chi connectivity index (χ1n) is 6.61. The first-order valence-corrected chi connectivity index (χ1v) is 7.96. The molecule has 0 aliphatic carbocycles. The molecule has 0 saturated carbocycles. The van der Waals surface area contributed by atoms with Gasteiger partial charge in [0.1, 0.15) is 16.2 Å². The van der Waals surface area contributed by atoms with Crippen molar-refractivity contribution < 1.29 is 5.11 Å². The van der Waals surface area contributed by atoms with Gasteiger partial charge < -0.3 is 5.11 Å². The molecule has 1 aliphatic rings. The first-order chi connectivity index (χ1) is 8.68. The van der Waals surface area contributed by atoms with E-state index in [4.69, 9.17) is 0 Å². The first kappa shape index (κ1) is 11.9. The molecule has 2 atom stereocenters. The van der Waals surface area contributed by atoms with Gasteiger partial charge in [0.2, 0.25) is 0 Å². The van der Waals surface area contributed by atoms with Crippen LogP contribution in [0.4, 0.5) is 0 Å². The van der Waals surface area contributed by atoms with Gasteiger partial charge in [-0.2, -0.15) is 0 Å². The van der Waals surface area contributed by atoms with Crippen molar-refractivity contribution in [3.8, 4) is 5.75 Å². The third-order valence-electron chi connectivity index (χ3n) is 3.96. The third-order valence-corrected chi connectivity index (χ3v) is 7.03. The van der Waals surface area contributed by atoms with E-state index in [1.807, 2.05) is 18.2 Å². The second-order valence-electron chi connectivity index (χ2n) is 5.20. The predicted octanol–water partition coefficient (Wildman–Crippen LogP) is 4.09. The smallest absolute Gasteiger partial charge is 0.163 e. The van der Waals surface area contributed by atoms with E-state index < -0.39 is 0 Å². The molecule has 1 fully saturated rings. The molecule has 2 aromatic rings. The van der Waals surface area contributed by atoms with Gasteiger partial charge in [0, 0.05) is 21.7 Å². The molecule has 2 aromatic carbocycles. The standard InChI is InChI=1S/C16H18OS/c1-11-7-8-12(2)18(11)16-10-9-15(17)13-5-3-4-6-14(13)16/h3-6,9-12H,7-8H2,1-2H3/p+1. The molecule has 94 valence electrons. The molecule has 2 unspecified atom stereocenters. The van der Waals surface area contributed by atoms with Crippen LogP contribution in [-0.4, -0.2) is 15.6 Å². The van der Waals surface area contributed by atoms with Crippen molar-refractivity contribution in [1.29, 1.82) is 0 Å². The molecule has 1 nitrogen and oxygen atoms in total. The van der Waals surface area contributed by atoms with E-state index in [0.29, 0.717) is 16.6 Å².